The van der Waals surface area contributed by atoms with Gasteiger partial charge in [0.15, 0.2) is 0 Å². The van der Waals surface area contributed by atoms with E-state index in [-0.39, 0.29) is 0 Å². The van der Waals surface area contributed by atoms with Gasteiger partial charge >= 0.3 is 0 Å². The molecule has 1 unspecified atom stereocenters. The first-order valence-electron chi connectivity index (χ1n) is 7.68. The standard InChI is InChI=1S/C19H24ClN/c1-3-15-8-10-16(11-9-15)12-17(14-21-2)13-18-6-4-5-7-19(18)20/h4-11,17,21H,3,12-14H2,1-2H3. The second-order valence-corrected chi connectivity index (χ2v) is 6.00. The van der Waals surface area contributed by atoms with Gasteiger partial charge in [0.2, 0.25) is 0 Å². The minimum atomic E-state index is 0.558. The van der Waals surface area contributed by atoms with Gasteiger partial charge in [-0.15, -0.1) is 0 Å². The summed E-state index contributed by atoms with van der Waals surface area (Å²) in [5.74, 6) is 0.558. The van der Waals surface area contributed by atoms with E-state index in [9.17, 15) is 0 Å². The highest BCUT2D eigenvalue weighted by molar-refractivity contribution is 6.31. The SMILES string of the molecule is CCc1ccc(CC(CNC)Cc2ccccc2Cl)cc1. The van der Waals surface area contributed by atoms with Crippen LogP contribution in [0.1, 0.15) is 23.6 Å². The molecule has 1 nitrogen and oxygen atoms in total. The van der Waals surface area contributed by atoms with Gasteiger partial charge in [0.05, 0.1) is 0 Å². The second-order valence-electron chi connectivity index (χ2n) is 5.59. The average Bonchev–Trinajstić information content (AvgIpc) is 2.50. The first kappa shape index (κ1) is 16.1. The smallest absolute Gasteiger partial charge is 0.0438 e. The normalized spacial score (nSPS) is 12.3. The maximum absolute atomic E-state index is 6.29. The van der Waals surface area contributed by atoms with Crippen LogP contribution in [0.2, 0.25) is 5.02 Å². The lowest BCUT2D eigenvalue weighted by molar-refractivity contribution is 0.493. The Balaban J connectivity index is 2.06. The van der Waals surface area contributed by atoms with Crippen LogP contribution in [0.5, 0.6) is 0 Å². The third kappa shape index (κ3) is 4.87. The molecule has 0 amide bonds. The third-order valence-corrected chi connectivity index (χ3v) is 4.28. The number of hydrogen-bond donors (Lipinski definition) is 1. The molecule has 0 fully saturated rings. The lowest BCUT2D eigenvalue weighted by Gasteiger charge is -2.18. The van der Waals surface area contributed by atoms with Crippen molar-refractivity contribution in [3.63, 3.8) is 0 Å². The van der Waals surface area contributed by atoms with E-state index >= 15 is 0 Å². The van der Waals surface area contributed by atoms with Gasteiger partial charge in [-0.25, -0.2) is 0 Å². The quantitative estimate of drug-likeness (QED) is 0.792. The number of nitrogens with one attached hydrogen (secondary N) is 1. The van der Waals surface area contributed by atoms with Gasteiger partial charge in [0.25, 0.3) is 0 Å². The van der Waals surface area contributed by atoms with Crippen molar-refractivity contribution in [1.29, 1.82) is 0 Å². The molecule has 0 aliphatic carbocycles. The summed E-state index contributed by atoms with van der Waals surface area (Å²) in [6.07, 6.45) is 3.19. The summed E-state index contributed by atoms with van der Waals surface area (Å²) in [4.78, 5) is 0. The number of hydrogen-bond acceptors (Lipinski definition) is 1. The number of aryl methyl sites for hydroxylation is 1. The van der Waals surface area contributed by atoms with Crippen LogP contribution < -0.4 is 5.32 Å². The third-order valence-electron chi connectivity index (χ3n) is 3.91. The van der Waals surface area contributed by atoms with Crippen LogP contribution in [-0.2, 0) is 19.3 Å². The van der Waals surface area contributed by atoms with Crippen LogP contribution in [0.25, 0.3) is 0 Å². The van der Waals surface area contributed by atoms with E-state index in [1.54, 1.807) is 0 Å². The van der Waals surface area contributed by atoms with Crippen LogP contribution in [0, 0.1) is 5.92 Å². The van der Waals surface area contributed by atoms with E-state index in [2.05, 4.69) is 48.6 Å². The largest absolute Gasteiger partial charge is 0.319 e. The van der Waals surface area contributed by atoms with E-state index in [4.69, 9.17) is 11.6 Å². The molecular formula is C19H24ClN. The minimum absolute atomic E-state index is 0.558. The molecule has 0 aliphatic heterocycles. The molecule has 0 spiro atoms. The Labute approximate surface area is 133 Å². The molecule has 0 saturated heterocycles. The minimum Gasteiger partial charge on any atom is -0.319 e. The van der Waals surface area contributed by atoms with Gasteiger partial charge in [-0.3, -0.25) is 0 Å². The zero-order chi connectivity index (χ0) is 15.1. The Kier molecular flexibility index (Phi) is 6.28. The molecule has 2 aromatic carbocycles. The monoisotopic (exact) mass is 301 g/mol. The lowest BCUT2D eigenvalue weighted by atomic mass is 9.92. The number of rotatable bonds is 7. The van der Waals surface area contributed by atoms with Gasteiger partial charge < -0.3 is 5.32 Å². The highest BCUT2D eigenvalue weighted by Gasteiger charge is 2.12. The molecule has 112 valence electrons. The zero-order valence-electron chi connectivity index (χ0n) is 12.9. The summed E-state index contributed by atoms with van der Waals surface area (Å²) < 4.78 is 0. The Morgan fingerprint density at radius 1 is 0.952 bits per heavy atom. The van der Waals surface area contributed by atoms with Crippen molar-refractivity contribution in [1.82, 2.24) is 5.32 Å². The molecule has 0 aromatic heterocycles. The van der Waals surface area contributed by atoms with Crippen molar-refractivity contribution >= 4 is 11.6 Å². The Bertz CT molecular complexity index is 548. The fourth-order valence-electron chi connectivity index (χ4n) is 2.72. The highest BCUT2D eigenvalue weighted by Crippen LogP contribution is 2.21. The van der Waals surface area contributed by atoms with E-state index in [1.807, 2.05) is 19.2 Å². The summed E-state index contributed by atoms with van der Waals surface area (Å²) in [7, 11) is 2.01. The van der Waals surface area contributed by atoms with E-state index in [1.165, 1.54) is 16.7 Å². The fourth-order valence-corrected chi connectivity index (χ4v) is 2.94. The summed E-state index contributed by atoms with van der Waals surface area (Å²) in [6.45, 7) is 3.19. The summed E-state index contributed by atoms with van der Waals surface area (Å²) in [6, 6.07) is 17.1. The number of halogens is 1. The molecule has 1 atom stereocenters. The van der Waals surface area contributed by atoms with Crippen LogP contribution >= 0.6 is 11.6 Å². The molecular weight excluding hydrogens is 278 g/mol. The van der Waals surface area contributed by atoms with Gasteiger partial charge in [-0.05, 0) is 61.5 Å². The molecule has 0 aliphatic rings. The van der Waals surface area contributed by atoms with Crippen LogP contribution in [0.4, 0.5) is 0 Å². The fraction of sp³-hybridized carbons (Fsp3) is 0.368. The van der Waals surface area contributed by atoms with Crippen molar-refractivity contribution in [3.8, 4) is 0 Å². The van der Waals surface area contributed by atoms with Gasteiger partial charge in [0, 0.05) is 5.02 Å². The Hall–Kier alpha value is -1.31. The zero-order valence-corrected chi connectivity index (χ0v) is 13.7. The molecule has 1 N–H and O–H groups in total. The van der Waals surface area contributed by atoms with Crippen molar-refractivity contribution in [2.45, 2.75) is 26.2 Å². The first-order chi connectivity index (χ1) is 10.2. The van der Waals surface area contributed by atoms with Crippen molar-refractivity contribution in [3.05, 3.63) is 70.2 Å². The Morgan fingerprint density at radius 2 is 1.62 bits per heavy atom. The maximum atomic E-state index is 6.29. The topological polar surface area (TPSA) is 12.0 Å². The van der Waals surface area contributed by atoms with Gasteiger partial charge in [-0.1, -0.05) is 61.0 Å². The molecule has 2 heteroatoms. The van der Waals surface area contributed by atoms with Crippen LogP contribution in [0.3, 0.4) is 0 Å². The van der Waals surface area contributed by atoms with E-state index in [0.717, 1.165) is 30.8 Å². The average molecular weight is 302 g/mol. The Morgan fingerprint density at radius 3 is 2.24 bits per heavy atom. The van der Waals surface area contributed by atoms with Crippen molar-refractivity contribution < 1.29 is 0 Å². The molecule has 2 aromatic rings. The molecule has 0 bridgehead atoms. The summed E-state index contributed by atoms with van der Waals surface area (Å²) >= 11 is 6.29. The predicted octanol–water partition coefficient (Wildman–Crippen LogP) is 4.52. The van der Waals surface area contributed by atoms with Gasteiger partial charge in [0.1, 0.15) is 0 Å². The maximum Gasteiger partial charge on any atom is 0.0438 e. The van der Waals surface area contributed by atoms with Gasteiger partial charge in [-0.2, -0.15) is 0 Å². The molecule has 2 rings (SSSR count). The summed E-state index contributed by atoms with van der Waals surface area (Å²) in [5, 5.41) is 4.18. The van der Waals surface area contributed by atoms with Crippen molar-refractivity contribution in [2.24, 2.45) is 5.92 Å². The second kappa shape index (κ2) is 8.21. The molecule has 21 heavy (non-hydrogen) atoms. The lowest BCUT2D eigenvalue weighted by Crippen LogP contribution is -2.23. The van der Waals surface area contributed by atoms with E-state index in [0.29, 0.717) is 5.92 Å². The van der Waals surface area contributed by atoms with Crippen LogP contribution in [-0.4, -0.2) is 13.6 Å². The van der Waals surface area contributed by atoms with Crippen LogP contribution in [0.15, 0.2) is 48.5 Å². The number of benzene rings is 2. The predicted molar refractivity (Wildman–Crippen MR) is 92.1 cm³/mol. The molecule has 0 saturated carbocycles. The van der Waals surface area contributed by atoms with Crippen molar-refractivity contribution in [2.75, 3.05) is 13.6 Å². The molecule has 0 heterocycles. The highest BCUT2D eigenvalue weighted by atomic mass is 35.5. The van der Waals surface area contributed by atoms with E-state index < -0.39 is 0 Å². The first-order valence-corrected chi connectivity index (χ1v) is 8.06. The molecule has 0 radical (unpaired) electrons. The summed E-state index contributed by atoms with van der Waals surface area (Å²) in [5.41, 5.74) is 4.04.